The number of halogens is 1. The smallest absolute Gasteiger partial charge is 0.232 e. The molecule has 2 fully saturated rings. The molecule has 9 heteroatoms. The molecule has 2 amide bonds. The Balaban J connectivity index is 1.46. The fraction of sp³-hybridized carbons (Fsp3) is 0.545. The highest BCUT2D eigenvalue weighted by molar-refractivity contribution is 7.94. The highest BCUT2D eigenvalue weighted by Gasteiger charge is 2.26. The van der Waals surface area contributed by atoms with Gasteiger partial charge < -0.3 is 9.47 Å². The van der Waals surface area contributed by atoms with Crippen molar-refractivity contribution in [3.8, 4) is 5.75 Å². The van der Waals surface area contributed by atoms with Crippen LogP contribution in [0.1, 0.15) is 44.1 Å². The van der Waals surface area contributed by atoms with Gasteiger partial charge in [0.05, 0.1) is 31.5 Å². The number of rotatable bonds is 11. The third-order valence-electron chi connectivity index (χ3n) is 5.37. The highest BCUT2D eigenvalue weighted by atomic mass is 32.2. The maximum Gasteiger partial charge on any atom is 0.232 e. The van der Waals surface area contributed by atoms with Gasteiger partial charge >= 0.3 is 0 Å². The monoisotopic (exact) mass is 453 g/mol. The summed E-state index contributed by atoms with van der Waals surface area (Å²) in [6, 6.07) is 4.45. The molecule has 1 N–H and O–H groups in total. The number of imide groups is 1. The number of hydrogen-bond acceptors (Lipinski definition) is 6. The van der Waals surface area contributed by atoms with E-state index in [9.17, 15) is 22.4 Å². The predicted octanol–water partition coefficient (Wildman–Crippen LogP) is 2.72. The van der Waals surface area contributed by atoms with E-state index in [4.69, 9.17) is 9.47 Å². The van der Waals surface area contributed by atoms with Gasteiger partial charge in [-0.05, 0) is 54.9 Å². The maximum absolute atomic E-state index is 13.9. The molecular weight excluding hydrogens is 425 g/mol. The SMILES string of the molecule is C[C@@H](CS(=O)(=O)/C=C/COCC1CCC(=O)NC1=O)c1ccc(F)c(OCC2CC2)c1. The summed E-state index contributed by atoms with van der Waals surface area (Å²) in [4.78, 5) is 22.8. The first-order chi connectivity index (χ1) is 14.7. The van der Waals surface area contributed by atoms with Crippen molar-refractivity contribution in [2.24, 2.45) is 11.8 Å². The van der Waals surface area contributed by atoms with Crippen molar-refractivity contribution in [3.63, 3.8) is 0 Å². The fourth-order valence-electron chi connectivity index (χ4n) is 3.29. The van der Waals surface area contributed by atoms with E-state index < -0.39 is 21.6 Å². The van der Waals surface area contributed by atoms with Crippen molar-refractivity contribution in [2.75, 3.05) is 25.6 Å². The average Bonchev–Trinajstić information content (AvgIpc) is 3.52. The lowest BCUT2D eigenvalue weighted by molar-refractivity contribution is -0.137. The van der Waals surface area contributed by atoms with Gasteiger partial charge in [-0.1, -0.05) is 13.0 Å². The number of nitrogens with one attached hydrogen (secondary N) is 1. The van der Waals surface area contributed by atoms with E-state index in [1.807, 2.05) is 0 Å². The number of benzene rings is 1. The molecule has 0 spiro atoms. The standard InChI is InChI=1S/C22H28FNO6S/c1-15(17-5-7-19(23)20(11-17)30-12-16-3-4-16)14-31(27,28)10-2-9-29-13-18-6-8-21(25)24-22(18)26/h2,5,7,10-11,15-16,18H,3-4,6,8-9,12-14H2,1H3,(H,24,25,26)/b10-2+/t15-,18?/m0/s1. The van der Waals surface area contributed by atoms with Crippen LogP contribution in [-0.2, 0) is 24.2 Å². The van der Waals surface area contributed by atoms with Gasteiger partial charge in [0.2, 0.25) is 11.8 Å². The summed E-state index contributed by atoms with van der Waals surface area (Å²) in [5.41, 5.74) is 0.693. The van der Waals surface area contributed by atoms with E-state index in [0.29, 0.717) is 24.5 Å². The molecule has 1 aromatic rings. The van der Waals surface area contributed by atoms with Crippen LogP contribution in [0.5, 0.6) is 5.75 Å². The Hall–Kier alpha value is -2.26. The molecule has 1 heterocycles. The van der Waals surface area contributed by atoms with E-state index in [0.717, 1.165) is 18.2 Å². The Bertz CT molecular complexity index is 941. The van der Waals surface area contributed by atoms with Gasteiger partial charge in [-0.3, -0.25) is 14.9 Å². The molecule has 1 aliphatic carbocycles. The lowest BCUT2D eigenvalue weighted by Gasteiger charge is -2.20. The molecule has 0 aromatic heterocycles. The van der Waals surface area contributed by atoms with Crippen molar-refractivity contribution in [3.05, 3.63) is 41.1 Å². The molecule has 1 aromatic carbocycles. The molecule has 31 heavy (non-hydrogen) atoms. The molecule has 1 aliphatic heterocycles. The van der Waals surface area contributed by atoms with Gasteiger partial charge in [0.15, 0.2) is 21.4 Å². The first-order valence-electron chi connectivity index (χ1n) is 10.5. The minimum absolute atomic E-state index is 0.0427. The van der Waals surface area contributed by atoms with Gasteiger partial charge in [0.1, 0.15) is 0 Å². The van der Waals surface area contributed by atoms with Gasteiger partial charge in [-0.25, -0.2) is 12.8 Å². The van der Waals surface area contributed by atoms with Gasteiger partial charge in [-0.2, -0.15) is 0 Å². The highest BCUT2D eigenvalue weighted by Crippen LogP contribution is 2.31. The van der Waals surface area contributed by atoms with Crippen LogP contribution < -0.4 is 10.1 Å². The zero-order valence-corrected chi connectivity index (χ0v) is 18.3. The molecule has 170 valence electrons. The molecule has 1 unspecified atom stereocenters. The first-order valence-corrected chi connectivity index (χ1v) is 12.2. The Kier molecular flexibility index (Phi) is 7.83. The molecule has 0 bridgehead atoms. The zero-order valence-electron chi connectivity index (χ0n) is 17.5. The van der Waals surface area contributed by atoms with Crippen molar-refractivity contribution in [2.45, 2.75) is 38.5 Å². The molecule has 0 radical (unpaired) electrons. The summed E-state index contributed by atoms with van der Waals surface area (Å²) in [5.74, 6) is -1.34. The number of sulfone groups is 1. The quantitative estimate of drug-likeness (QED) is 0.409. The lowest BCUT2D eigenvalue weighted by Crippen LogP contribution is -2.42. The second-order valence-corrected chi connectivity index (χ2v) is 10.2. The second-order valence-electron chi connectivity index (χ2n) is 8.23. The largest absolute Gasteiger partial charge is 0.490 e. The Labute approximate surface area is 181 Å². The first kappa shape index (κ1) is 23.4. The molecule has 2 aliphatic rings. The Morgan fingerprint density at radius 2 is 2.00 bits per heavy atom. The summed E-state index contributed by atoms with van der Waals surface area (Å²) in [6.45, 7) is 2.41. The number of hydrogen-bond donors (Lipinski definition) is 1. The third-order valence-corrected chi connectivity index (χ3v) is 6.94. The summed E-state index contributed by atoms with van der Waals surface area (Å²) in [6.07, 6.45) is 4.29. The van der Waals surface area contributed by atoms with Crippen LogP contribution in [0.25, 0.3) is 0 Å². The van der Waals surface area contributed by atoms with Crippen molar-refractivity contribution in [1.82, 2.24) is 5.32 Å². The second kappa shape index (κ2) is 10.4. The maximum atomic E-state index is 13.9. The van der Waals surface area contributed by atoms with Crippen LogP contribution in [-0.4, -0.2) is 45.8 Å². The lowest BCUT2D eigenvalue weighted by atomic mass is 9.99. The number of carbonyl (C=O) groups excluding carboxylic acids is 2. The minimum atomic E-state index is -3.51. The summed E-state index contributed by atoms with van der Waals surface area (Å²) in [7, 11) is -3.51. The molecule has 2 atom stereocenters. The summed E-state index contributed by atoms with van der Waals surface area (Å²) in [5, 5.41) is 3.35. The van der Waals surface area contributed by atoms with Crippen molar-refractivity contribution in [1.29, 1.82) is 0 Å². The van der Waals surface area contributed by atoms with E-state index in [-0.39, 0.29) is 48.9 Å². The van der Waals surface area contributed by atoms with E-state index in [2.05, 4.69) is 5.32 Å². The third kappa shape index (κ3) is 7.43. The molecular formula is C22H28FNO6S. The van der Waals surface area contributed by atoms with Gasteiger partial charge in [0, 0.05) is 11.8 Å². The molecule has 7 nitrogen and oxygen atoms in total. The predicted molar refractivity (Wildman–Crippen MR) is 113 cm³/mol. The van der Waals surface area contributed by atoms with Crippen LogP contribution in [0.2, 0.25) is 0 Å². The minimum Gasteiger partial charge on any atom is -0.490 e. The number of amides is 2. The van der Waals surface area contributed by atoms with Crippen molar-refractivity contribution < 1.29 is 31.9 Å². The topological polar surface area (TPSA) is 98.8 Å². The molecule has 1 saturated carbocycles. The van der Waals surface area contributed by atoms with Crippen LogP contribution in [0.15, 0.2) is 29.7 Å². The Morgan fingerprint density at radius 1 is 1.23 bits per heavy atom. The summed E-state index contributed by atoms with van der Waals surface area (Å²) < 4.78 is 49.6. The number of ether oxygens (including phenoxy) is 2. The average molecular weight is 454 g/mol. The van der Waals surface area contributed by atoms with Gasteiger partial charge in [-0.15, -0.1) is 0 Å². The van der Waals surface area contributed by atoms with E-state index >= 15 is 0 Å². The fourth-order valence-corrected chi connectivity index (χ4v) is 4.66. The number of carbonyl (C=O) groups is 2. The molecule has 1 saturated heterocycles. The number of piperidine rings is 1. The normalized spacial score (nSPS) is 20.6. The van der Waals surface area contributed by atoms with Gasteiger partial charge in [0.25, 0.3) is 0 Å². The zero-order chi connectivity index (χ0) is 22.4. The van der Waals surface area contributed by atoms with Crippen molar-refractivity contribution >= 4 is 21.7 Å². The van der Waals surface area contributed by atoms with Crippen LogP contribution >= 0.6 is 0 Å². The van der Waals surface area contributed by atoms with Crippen LogP contribution in [0.3, 0.4) is 0 Å². The van der Waals surface area contributed by atoms with E-state index in [1.54, 1.807) is 19.1 Å². The van der Waals surface area contributed by atoms with Crippen LogP contribution in [0, 0.1) is 17.7 Å². The van der Waals surface area contributed by atoms with Crippen LogP contribution in [0.4, 0.5) is 4.39 Å². The summed E-state index contributed by atoms with van der Waals surface area (Å²) >= 11 is 0. The molecule has 3 rings (SSSR count). The van der Waals surface area contributed by atoms with E-state index in [1.165, 1.54) is 12.1 Å². The Morgan fingerprint density at radius 3 is 2.71 bits per heavy atom.